The molecule has 0 aromatic heterocycles. The number of nitrogens with zero attached hydrogens (tertiary/aromatic N) is 1. The van der Waals surface area contributed by atoms with Crippen LogP contribution in [0.25, 0.3) is 11.1 Å². The molecule has 2 aromatic rings. The van der Waals surface area contributed by atoms with Crippen LogP contribution in [-0.4, -0.2) is 42.1 Å². The zero-order valence-corrected chi connectivity index (χ0v) is 19.1. The Hall–Kier alpha value is -3.68. The van der Waals surface area contributed by atoms with Gasteiger partial charge in [0.25, 0.3) is 11.8 Å². The van der Waals surface area contributed by atoms with E-state index < -0.39 is 29.8 Å². The van der Waals surface area contributed by atoms with Crippen LogP contribution in [0.1, 0.15) is 56.1 Å². The summed E-state index contributed by atoms with van der Waals surface area (Å²) in [6.45, 7) is 2.37. The molecule has 1 aliphatic carbocycles. The third kappa shape index (κ3) is 5.11. The third-order valence-corrected chi connectivity index (χ3v) is 6.27. The van der Waals surface area contributed by atoms with Gasteiger partial charge >= 0.3 is 12.1 Å². The maximum atomic E-state index is 12.2. The van der Waals surface area contributed by atoms with Crippen molar-refractivity contribution in [3.05, 3.63) is 59.7 Å². The molecule has 8 heteroatoms. The number of carbonyl (C=O) groups excluding carboxylic acids is 4. The molecule has 0 radical (unpaired) electrons. The second-order valence-electron chi connectivity index (χ2n) is 8.64. The minimum atomic E-state index is -0.604. The summed E-state index contributed by atoms with van der Waals surface area (Å²) in [6, 6.07) is 16.3. The van der Waals surface area contributed by atoms with Crippen LogP contribution in [0, 0.1) is 5.92 Å². The van der Waals surface area contributed by atoms with Crippen molar-refractivity contribution >= 4 is 23.9 Å². The maximum absolute atomic E-state index is 12.2. The van der Waals surface area contributed by atoms with Crippen LogP contribution in [0.15, 0.2) is 48.5 Å². The molecule has 0 spiro atoms. The molecule has 0 saturated carbocycles. The van der Waals surface area contributed by atoms with Gasteiger partial charge in [-0.1, -0.05) is 61.9 Å². The van der Waals surface area contributed by atoms with Gasteiger partial charge in [-0.05, 0) is 35.1 Å². The number of benzene rings is 2. The molecule has 1 aliphatic heterocycles. The van der Waals surface area contributed by atoms with E-state index in [2.05, 4.69) is 29.6 Å². The van der Waals surface area contributed by atoms with E-state index in [1.165, 1.54) is 11.1 Å². The number of hydrogen-bond donors (Lipinski definition) is 1. The molecular weight excluding hydrogens is 436 g/mol. The molecule has 0 unspecified atom stereocenters. The molecule has 0 bridgehead atoms. The zero-order chi connectivity index (χ0) is 24.1. The minimum absolute atomic E-state index is 0.0133. The Morgan fingerprint density at radius 3 is 2.18 bits per heavy atom. The molecule has 178 valence electrons. The fourth-order valence-electron chi connectivity index (χ4n) is 4.37. The highest BCUT2D eigenvalue weighted by Gasteiger charge is 2.34. The van der Waals surface area contributed by atoms with Gasteiger partial charge in [0.05, 0.1) is 5.92 Å². The first kappa shape index (κ1) is 23.5. The van der Waals surface area contributed by atoms with Crippen molar-refractivity contribution < 1.29 is 28.8 Å². The number of hydroxylamine groups is 2. The third-order valence-electron chi connectivity index (χ3n) is 6.27. The molecular formula is C26H28N2O6. The Balaban J connectivity index is 1.16. The summed E-state index contributed by atoms with van der Waals surface area (Å²) >= 11 is 0. The molecule has 34 heavy (non-hydrogen) atoms. The summed E-state index contributed by atoms with van der Waals surface area (Å²) in [7, 11) is 0. The molecule has 1 saturated heterocycles. The molecule has 1 N–H and O–H groups in total. The number of imide groups is 1. The van der Waals surface area contributed by atoms with Gasteiger partial charge in [-0.25, -0.2) is 9.59 Å². The number of hydrogen-bond acceptors (Lipinski definition) is 6. The highest BCUT2D eigenvalue weighted by molar-refractivity contribution is 6.01. The van der Waals surface area contributed by atoms with E-state index >= 15 is 0 Å². The standard InChI is InChI=1S/C26H28N2O6/c1-17(25(31)34-28-23(29)13-14-24(28)30)8-6-7-15-27-26(32)33-16-22-20-11-4-2-9-18(20)19-10-3-5-12-21(19)22/h2-5,9-12,17,22H,6-8,13-16H2,1H3,(H,27,32)/t17-/m0/s1. The largest absolute Gasteiger partial charge is 0.449 e. The van der Waals surface area contributed by atoms with E-state index in [-0.39, 0.29) is 25.4 Å². The van der Waals surface area contributed by atoms with Crippen molar-refractivity contribution in [2.75, 3.05) is 13.2 Å². The fourth-order valence-corrected chi connectivity index (χ4v) is 4.37. The van der Waals surface area contributed by atoms with Crippen molar-refractivity contribution in [1.29, 1.82) is 0 Å². The van der Waals surface area contributed by atoms with Crippen LogP contribution in [0.3, 0.4) is 0 Å². The van der Waals surface area contributed by atoms with E-state index in [1.807, 2.05) is 24.3 Å². The van der Waals surface area contributed by atoms with E-state index in [0.717, 1.165) is 11.1 Å². The average Bonchev–Trinajstić information content (AvgIpc) is 3.34. The lowest BCUT2D eigenvalue weighted by atomic mass is 9.98. The van der Waals surface area contributed by atoms with Crippen molar-refractivity contribution in [3.63, 3.8) is 0 Å². The molecule has 1 fully saturated rings. The molecule has 1 atom stereocenters. The predicted octanol–water partition coefficient (Wildman–Crippen LogP) is 3.94. The quantitative estimate of drug-likeness (QED) is 0.446. The molecule has 1 heterocycles. The van der Waals surface area contributed by atoms with Crippen LogP contribution in [0.4, 0.5) is 4.79 Å². The van der Waals surface area contributed by atoms with Crippen LogP contribution in [0.5, 0.6) is 0 Å². The Labute approximate surface area is 198 Å². The first-order valence-electron chi connectivity index (χ1n) is 11.6. The van der Waals surface area contributed by atoms with Gasteiger partial charge in [-0.15, -0.1) is 5.06 Å². The maximum Gasteiger partial charge on any atom is 0.407 e. The normalized spacial score (nSPS) is 15.6. The lowest BCUT2D eigenvalue weighted by Gasteiger charge is -2.16. The average molecular weight is 465 g/mol. The van der Waals surface area contributed by atoms with Gasteiger partial charge in [0, 0.05) is 25.3 Å². The van der Waals surface area contributed by atoms with Gasteiger partial charge < -0.3 is 14.9 Å². The second kappa shape index (κ2) is 10.5. The van der Waals surface area contributed by atoms with Crippen LogP contribution in [0.2, 0.25) is 0 Å². The number of fused-ring (bicyclic) bond motifs is 3. The minimum Gasteiger partial charge on any atom is -0.449 e. The monoisotopic (exact) mass is 464 g/mol. The molecule has 4 rings (SSSR count). The smallest absolute Gasteiger partial charge is 0.407 e. The fraction of sp³-hybridized carbons (Fsp3) is 0.385. The molecule has 3 amide bonds. The Morgan fingerprint density at radius 1 is 0.971 bits per heavy atom. The first-order valence-corrected chi connectivity index (χ1v) is 11.6. The topological polar surface area (TPSA) is 102 Å². The number of rotatable bonds is 9. The van der Waals surface area contributed by atoms with E-state index in [4.69, 9.17) is 9.57 Å². The molecule has 8 nitrogen and oxygen atoms in total. The van der Waals surface area contributed by atoms with Crippen LogP contribution < -0.4 is 5.32 Å². The van der Waals surface area contributed by atoms with Crippen molar-refractivity contribution in [2.24, 2.45) is 5.92 Å². The summed E-state index contributed by atoms with van der Waals surface area (Å²) < 4.78 is 5.51. The summed E-state index contributed by atoms with van der Waals surface area (Å²) in [5.41, 5.74) is 4.68. The van der Waals surface area contributed by atoms with Crippen LogP contribution in [-0.2, 0) is 24.0 Å². The van der Waals surface area contributed by atoms with E-state index in [9.17, 15) is 19.2 Å². The Bertz CT molecular complexity index is 1040. The van der Waals surface area contributed by atoms with Crippen molar-refractivity contribution in [1.82, 2.24) is 10.4 Å². The van der Waals surface area contributed by atoms with Crippen molar-refractivity contribution in [3.8, 4) is 11.1 Å². The van der Waals surface area contributed by atoms with Gasteiger partial charge in [-0.2, -0.15) is 0 Å². The van der Waals surface area contributed by atoms with Crippen molar-refractivity contribution in [2.45, 2.75) is 44.9 Å². The summed E-state index contributed by atoms with van der Waals surface area (Å²) in [4.78, 5) is 52.3. The Morgan fingerprint density at radius 2 is 1.56 bits per heavy atom. The summed E-state index contributed by atoms with van der Waals surface area (Å²) in [6.07, 6.45) is 1.51. The highest BCUT2D eigenvalue weighted by atomic mass is 16.7. The van der Waals surface area contributed by atoms with Gasteiger partial charge in [0.2, 0.25) is 0 Å². The summed E-state index contributed by atoms with van der Waals surface area (Å²) in [5, 5.41) is 3.32. The SMILES string of the molecule is C[C@@H](CCCCNC(=O)OCC1c2ccccc2-c2ccccc21)C(=O)ON1C(=O)CCC1=O. The number of amides is 3. The lowest BCUT2D eigenvalue weighted by molar-refractivity contribution is -0.200. The molecule has 2 aromatic carbocycles. The number of ether oxygens (including phenoxy) is 1. The van der Waals surface area contributed by atoms with Gasteiger partial charge in [0.15, 0.2) is 0 Å². The van der Waals surface area contributed by atoms with E-state index in [0.29, 0.717) is 30.9 Å². The van der Waals surface area contributed by atoms with Gasteiger partial charge in [0.1, 0.15) is 6.61 Å². The van der Waals surface area contributed by atoms with Gasteiger partial charge in [-0.3, -0.25) is 9.59 Å². The number of alkyl carbamates (subject to hydrolysis) is 1. The lowest BCUT2D eigenvalue weighted by Crippen LogP contribution is -2.34. The number of nitrogens with one attached hydrogen (secondary N) is 1. The Kier molecular flexibility index (Phi) is 7.25. The first-order chi connectivity index (χ1) is 16.5. The zero-order valence-electron chi connectivity index (χ0n) is 19.1. The highest BCUT2D eigenvalue weighted by Crippen LogP contribution is 2.44. The predicted molar refractivity (Wildman–Crippen MR) is 123 cm³/mol. The van der Waals surface area contributed by atoms with Crippen LogP contribution >= 0.6 is 0 Å². The number of carbonyl (C=O) groups is 4. The molecule has 2 aliphatic rings. The van der Waals surface area contributed by atoms with E-state index in [1.54, 1.807) is 6.92 Å². The summed E-state index contributed by atoms with van der Waals surface area (Å²) in [5.74, 6) is -2.03. The number of unbranched alkanes of at least 4 members (excludes halogenated alkanes) is 1. The second-order valence-corrected chi connectivity index (χ2v) is 8.64.